The van der Waals surface area contributed by atoms with Gasteiger partial charge in [0.25, 0.3) is 0 Å². The smallest absolute Gasteiger partial charge is 0.407 e. The maximum atomic E-state index is 15.8. The van der Waals surface area contributed by atoms with Gasteiger partial charge in [-0.25, -0.2) is 18.9 Å². The minimum Gasteiger partial charge on any atom is -0.497 e. The molecule has 0 aliphatic carbocycles. The fourth-order valence-electron chi connectivity index (χ4n) is 5.73. The van der Waals surface area contributed by atoms with Crippen molar-refractivity contribution in [2.24, 2.45) is 0 Å². The lowest BCUT2D eigenvalue weighted by Crippen LogP contribution is -2.29. The monoisotopic (exact) mass is 670 g/mol. The molecule has 0 saturated carbocycles. The third kappa shape index (κ3) is 7.03. The van der Waals surface area contributed by atoms with E-state index in [9.17, 15) is 9.59 Å². The first-order valence-corrected chi connectivity index (χ1v) is 16.0. The fraction of sp³-hybridized carbons (Fsp3) is 0.371. The van der Waals surface area contributed by atoms with Crippen molar-refractivity contribution >= 4 is 28.9 Å². The SMILES string of the molecule is CNC(=O)O[C@@H]1CCN(c2nn(Cc3ccc(OC)cc3)c3nccc(-c4ccc(CN(C)C(=O)c5nc(C(C)(C)C)no5)c(F)c4)c23)C1. The topological polar surface area (TPSA) is 141 Å². The van der Waals surface area contributed by atoms with Gasteiger partial charge in [0.1, 0.15) is 17.7 Å². The number of nitrogens with one attached hydrogen (secondary N) is 1. The molecule has 0 unspecified atom stereocenters. The van der Waals surface area contributed by atoms with Crippen LogP contribution < -0.4 is 15.0 Å². The molecule has 2 amide bonds. The second-order valence-corrected chi connectivity index (χ2v) is 13.0. The fourth-order valence-corrected chi connectivity index (χ4v) is 5.73. The molecule has 2 aromatic carbocycles. The lowest BCUT2D eigenvalue weighted by Gasteiger charge is -2.18. The molecule has 1 N–H and O–H groups in total. The van der Waals surface area contributed by atoms with Gasteiger partial charge in [0, 0.05) is 50.8 Å². The third-order valence-electron chi connectivity index (χ3n) is 8.43. The van der Waals surface area contributed by atoms with E-state index in [0.29, 0.717) is 54.5 Å². The normalized spacial score (nSPS) is 14.7. The number of hydrogen-bond acceptors (Lipinski definition) is 10. The molecular weight excluding hydrogens is 631 g/mol. The third-order valence-corrected chi connectivity index (χ3v) is 8.43. The number of anilines is 1. The summed E-state index contributed by atoms with van der Waals surface area (Å²) < 4.78 is 33.7. The number of rotatable bonds is 9. The zero-order valence-electron chi connectivity index (χ0n) is 28.4. The maximum absolute atomic E-state index is 15.8. The zero-order valence-corrected chi connectivity index (χ0v) is 28.4. The highest BCUT2D eigenvalue weighted by atomic mass is 19.1. The van der Waals surface area contributed by atoms with E-state index in [2.05, 4.69) is 20.4 Å². The van der Waals surface area contributed by atoms with Crippen molar-refractivity contribution in [3.05, 3.63) is 83.4 Å². The number of fused-ring (bicyclic) bond motifs is 1. The van der Waals surface area contributed by atoms with Crippen molar-refractivity contribution < 1.29 is 28.0 Å². The van der Waals surface area contributed by atoms with Crippen molar-refractivity contribution in [3.8, 4) is 16.9 Å². The van der Waals surface area contributed by atoms with Crippen LogP contribution in [0, 0.1) is 5.82 Å². The molecule has 0 bridgehead atoms. The molecule has 0 spiro atoms. The van der Waals surface area contributed by atoms with Crippen LogP contribution in [0.2, 0.25) is 0 Å². The number of carbonyl (C=O) groups is 2. The van der Waals surface area contributed by atoms with Crippen LogP contribution in [0.4, 0.5) is 15.0 Å². The number of benzene rings is 2. The molecule has 0 radical (unpaired) electrons. The van der Waals surface area contributed by atoms with Gasteiger partial charge in [-0.2, -0.15) is 10.1 Å². The van der Waals surface area contributed by atoms with E-state index in [1.165, 1.54) is 18.0 Å². The van der Waals surface area contributed by atoms with Crippen LogP contribution in [-0.2, 0) is 23.2 Å². The Bertz CT molecular complexity index is 1980. The van der Waals surface area contributed by atoms with E-state index in [1.54, 1.807) is 26.4 Å². The number of carbonyl (C=O) groups excluding carboxylic acids is 2. The van der Waals surface area contributed by atoms with Gasteiger partial charge in [-0.3, -0.25) is 4.79 Å². The number of methoxy groups -OCH3 is 1. The second-order valence-electron chi connectivity index (χ2n) is 13.0. The van der Waals surface area contributed by atoms with Gasteiger partial charge < -0.3 is 29.1 Å². The number of halogens is 1. The molecule has 1 fully saturated rings. The largest absolute Gasteiger partial charge is 0.497 e. The summed E-state index contributed by atoms with van der Waals surface area (Å²) in [5, 5.41) is 12.2. The summed E-state index contributed by atoms with van der Waals surface area (Å²) in [6.45, 7) is 7.24. The van der Waals surface area contributed by atoms with Gasteiger partial charge in [-0.05, 0) is 41.0 Å². The highest BCUT2D eigenvalue weighted by Gasteiger charge is 2.31. The molecule has 5 aromatic rings. The van der Waals surface area contributed by atoms with Gasteiger partial charge in [0.05, 0.1) is 25.6 Å². The average Bonchev–Trinajstić information content (AvgIpc) is 3.85. The number of amides is 2. The number of pyridine rings is 1. The quantitative estimate of drug-likeness (QED) is 0.223. The molecule has 1 atom stereocenters. The van der Waals surface area contributed by atoms with E-state index in [4.69, 9.17) is 24.1 Å². The van der Waals surface area contributed by atoms with E-state index < -0.39 is 17.8 Å². The van der Waals surface area contributed by atoms with Gasteiger partial charge in [-0.15, -0.1) is 0 Å². The van der Waals surface area contributed by atoms with E-state index in [1.807, 2.05) is 61.9 Å². The average molecular weight is 671 g/mol. The Morgan fingerprint density at radius 3 is 2.59 bits per heavy atom. The Labute approximate surface area is 283 Å². The van der Waals surface area contributed by atoms with Crippen LogP contribution in [0.15, 0.2) is 59.3 Å². The summed E-state index contributed by atoms with van der Waals surface area (Å²) in [6.07, 6.45) is 1.51. The van der Waals surface area contributed by atoms with E-state index in [0.717, 1.165) is 22.3 Å². The first kappa shape index (κ1) is 33.4. The Balaban J connectivity index is 1.32. The summed E-state index contributed by atoms with van der Waals surface area (Å²) in [7, 11) is 4.71. The molecule has 1 saturated heterocycles. The van der Waals surface area contributed by atoms with Crippen LogP contribution >= 0.6 is 0 Å². The Morgan fingerprint density at radius 1 is 1.14 bits per heavy atom. The molecule has 1 aliphatic heterocycles. The lowest BCUT2D eigenvalue weighted by atomic mass is 9.96. The van der Waals surface area contributed by atoms with Crippen molar-refractivity contribution in [3.63, 3.8) is 0 Å². The van der Waals surface area contributed by atoms with E-state index >= 15 is 4.39 Å². The number of hydrogen-bond donors (Lipinski definition) is 1. The number of alkyl carbamates (subject to hydrolysis) is 1. The van der Waals surface area contributed by atoms with Gasteiger partial charge >= 0.3 is 17.9 Å². The molecular formula is C35H39FN8O5. The van der Waals surface area contributed by atoms with Crippen LogP contribution in [0.3, 0.4) is 0 Å². The van der Waals surface area contributed by atoms with Crippen LogP contribution in [0.5, 0.6) is 5.75 Å². The van der Waals surface area contributed by atoms with Gasteiger partial charge in [-0.1, -0.05) is 50.2 Å². The Morgan fingerprint density at radius 2 is 1.92 bits per heavy atom. The number of nitrogens with zero attached hydrogens (tertiary/aromatic N) is 7. The van der Waals surface area contributed by atoms with Crippen molar-refractivity contribution in [1.29, 1.82) is 0 Å². The Kier molecular flexibility index (Phi) is 9.22. The van der Waals surface area contributed by atoms with Crippen molar-refractivity contribution in [1.82, 2.24) is 35.1 Å². The minimum absolute atomic E-state index is 0.00448. The molecule has 14 heteroatoms. The summed E-state index contributed by atoms with van der Waals surface area (Å²) in [5.41, 5.74) is 2.93. The number of ether oxygens (including phenoxy) is 2. The van der Waals surface area contributed by atoms with Crippen molar-refractivity contribution in [2.75, 3.05) is 39.2 Å². The van der Waals surface area contributed by atoms with Gasteiger partial charge in [0.2, 0.25) is 0 Å². The minimum atomic E-state index is -0.499. The Hall–Kier alpha value is -5.53. The number of aromatic nitrogens is 5. The maximum Gasteiger partial charge on any atom is 0.407 e. The molecule has 49 heavy (non-hydrogen) atoms. The van der Waals surface area contributed by atoms with Crippen LogP contribution in [-0.4, -0.2) is 82.2 Å². The summed E-state index contributed by atoms with van der Waals surface area (Å²) in [5.74, 6) is 0.709. The molecule has 256 valence electrons. The summed E-state index contributed by atoms with van der Waals surface area (Å²) in [6, 6.07) is 14.5. The molecule has 13 nitrogen and oxygen atoms in total. The summed E-state index contributed by atoms with van der Waals surface area (Å²) in [4.78, 5) is 37.3. The molecule has 3 aromatic heterocycles. The lowest BCUT2D eigenvalue weighted by molar-refractivity contribution is 0.0734. The highest BCUT2D eigenvalue weighted by molar-refractivity contribution is 6.01. The van der Waals surface area contributed by atoms with Gasteiger partial charge in [0.15, 0.2) is 17.3 Å². The van der Waals surface area contributed by atoms with Crippen molar-refractivity contribution in [2.45, 2.75) is 51.8 Å². The zero-order chi connectivity index (χ0) is 34.9. The first-order valence-electron chi connectivity index (χ1n) is 16.0. The highest BCUT2D eigenvalue weighted by Crippen LogP contribution is 2.37. The van der Waals surface area contributed by atoms with E-state index in [-0.39, 0.29) is 24.0 Å². The predicted octanol–water partition coefficient (Wildman–Crippen LogP) is 5.18. The predicted molar refractivity (Wildman–Crippen MR) is 180 cm³/mol. The second kappa shape index (κ2) is 13.5. The molecule has 4 heterocycles. The van der Waals surface area contributed by atoms with Crippen LogP contribution in [0.1, 0.15) is 54.8 Å². The van der Waals surface area contributed by atoms with Crippen LogP contribution in [0.25, 0.3) is 22.2 Å². The molecule has 1 aliphatic rings. The molecule has 6 rings (SSSR count). The standard InChI is InChI=1S/C35H39FN8O5/c1-35(2,3)33-39-31(49-41-33)32(45)42(5)19-23-10-9-22(17-27(23)36)26-13-15-38-29-28(26)30(43-16-14-25(20-43)48-34(46)37-4)40-44(29)18-21-7-11-24(47-6)12-8-21/h7-13,15,17,25H,14,16,18-20H2,1-6H3,(H,37,46)/t25-/m1/s1. The first-order chi connectivity index (χ1) is 23.4. The summed E-state index contributed by atoms with van der Waals surface area (Å²) >= 11 is 0.